The Morgan fingerprint density at radius 1 is 1.23 bits per heavy atom. The average Bonchev–Trinajstić information content (AvgIpc) is 2.63. The molecule has 26 heavy (non-hydrogen) atoms. The first-order valence-electron chi connectivity index (χ1n) is 9.50. The molecule has 1 fully saturated rings. The number of piperazine rings is 1. The second-order valence-corrected chi connectivity index (χ2v) is 7.61. The normalized spacial score (nSPS) is 22.3. The molecule has 0 aromatic heterocycles. The first kappa shape index (κ1) is 20.2. The quantitative estimate of drug-likeness (QED) is 0.551. The van der Waals surface area contributed by atoms with Crippen LogP contribution in [-0.2, 0) is 4.79 Å². The number of benzene rings is 1. The van der Waals surface area contributed by atoms with Crippen LogP contribution in [0.4, 0.5) is 0 Å². The summed E-state index contributed by atoms with van der Waals surface area (Å²) in [5.41, 5.74) is -0.793. The molecular weight excluding hydrogens is 328 g/mol. The molecule has 3 N–H and O–H groups in total. The molecule has 1 saturated heterocycles. The summed E-state index contributed by atoms with van der Waals surface area (Å²) >= 11 is 0. The minimum absolute atomic E-state index is 0.0337. The summed E-state index contributed by atoms with van der Waals surface area (Å²) in [6.45, 7) is 11.9. The molecule has 1 atom stereocenters. The van der Waals surface area contributed by atoms with Crippen molar-refractivity contribution >= 4 is 5.91 Å². The number of nitrogens with zero attached hydrogens (tertiary/aromatic N) is 1. The molecule has 142 valence electrons. The maximum Gasteiger partial charge on any atom is 0.276 e. The van der Waals surface area contributed by atoms with E-state index in [0.717, 1.165) is 38.5 Å². The summed E-state index contributed by atoms with van der Waals surface area (Å²) in [5, 5.41) is 12.2. The highest BCUT2D eigenvalue weighted by atomic mass is 16.5. The topological polar surface area (TPSA) is 71.0 Å². The smallest absolute Gasteiger partial charge is 0.276 e. The van der Waals surface area contributed by atoms with Gasteiger partial charge in [-0.1, -0.05) is 32.0 Å². The third kappa shape index (κ3) is 6.01. The van der Waals surface area contributed by atoms with E-state index in [-0.39, 0.29) is 11.8 Å². The molecule has 0 radical (unpaired) electrons. The van der Waals surface area contributed by atoms with E-state index in [4.69, 9.17) is 4.74 Å². The van der Waals surface area contributed by atoms with E-state index in [1.54, 1.807) is 6.92 Å². The fraction of sp³-hybridized carbons (Fsp3) is 0.600. The summed E-state index contributed by atoms with van der Waals surface area (Å²) in [5.74, 6) is 0.962. The molecule has 0 saturated carbocycles. The number of rotatable bonds is 8. The van der Waals surface area contributed by atoms with Crippen LogP contribution >= 0.6 is 0 Å². The summed E-state index contributed by atoms with van der Waals surface area (Å²) in [6.07, 6.45) is 0. The summed E-state index contributed by atoms with van der Waals surface area (Å²) in [7, 11) is 0. The van der Waals surface area contributed by atoms with Crippen molar-refractivity contribution in [3.05, 3.63) is 30.3 Å². The predicted octanol–water partition coefficient (Wildman–Crippen LogP) is -1.10. The molecule has 6 heteroatoms. The number of hydrogen-bond donors (Lipinski definition) is 3. The Labute approximate surface area is 156 Å². The first-order valence-corrected chi connectivity index (χ1v) is 9.50. The lowest BCUT2D eigenvalue weighted by atomic mass is 9.90. The Kier molecular flexibility index (Phi) is 7.43. The monoisotopic (exact) mass is 360 g/mol. The number of para-hydroxylation sites is 1. The van der Waals surface area contributed by atoms with Gasteiger partial charge in [0.2, 0.25) is 0 Å². The number of ether oxygens (including phenoxy) is 1. The van der Waals surface area contributed by atoms with Crippen molar-refractivity contribution in [1.29, 1.82) is 5.26 Å². The molecule has 6 nitrogen and oxygen atoms in total. The Morgan fingerprint density at radius 2 is 1.85 bits per heavy atom. The SMILES string of the molecule is CC(C)[C@@](C)(C#N)NC(=O)C[NH+]1CC[NH+](CCOc2ccccc2)CC1. The van der Waals surface area contributed by atoms with E-state index in [0.29, 0.717) is 13.2 Å². The van der Waals surface area contributed by atoms with Gasteiger partial charge in [-0.25, -0.2) is 0 Å². The Balaban J connectivity index is 1.66. The summed E-state index contributed by atoms with van der Waals surface area (Å²) in [4.78, 5) is 15.1. The van der Waals surface area contributed by atoms with E-state index >= 15 is 0 Å². The number of nitriles is 1. The summed E-state index contributed by atoms with van der Waals surface area (Å²) < 4.78 is 5.77. The van der Waals surface area contributed by atoms with Crippen LogP contribution in [0.15, 0.2) is 30.3 Å². The van der Waals surface area contributed by atoms with E-state index in [1.807, 2.05) is 44.2 Å². The van der Waals surface area contributed by atoms with Crippen molar-refractivity contribution in [3.63, 3.8) is 0 Å². The van der Waals surface area contributed by atoms with Gasteiger partial charge in [0.05, 0.1) is 6.07 Å². The zero-order valence-corrected chi connectivity index (χ0v) is 16.2. The molecule has 1 aromatic carbocycles. The predicted molar refractivity (Wildman–Crippen MR) is 100 cm³/mol. The van der Waals surface area contributed by atoms with E-state index in [2.05, 4.69) is 11.4 Å². The molecule has 0 bridgehead atoms. The van der Waals surface area contributed by atoms with Crippen molar-refractivity contribution in [1.82, 2.24) is 5.32 Å². The molecule has 1 aliphatic rings. The third-order valence-corrected chi connectivity index (χ3v) is 5.33. The van der Waals surface area contributed by atoms with E-state index in [1.165, 1.54) is 9.80 Å². The largest absolute Gasteiger partial charge is 0.488 e. The Hall–Kier alpha value is -2.10. The van der Waals surface area contributed by atoms with Crippen molar-refractivity contribution < 1.29 is 19.3 Å². The number of nitrogens with one attached hydrogen (secondary N) is 3. The van der Waals surface area contributed by atoms with Gasteiger partial charge in [0.15, 0.2) is 6.54 Å². The Morgan fingerprint density at radius 3 is 2.42 bits per heavy atom. The first-order chi connectivity index (χ1) is 12.4. The molecule has 1 aromatic rings. The molecule has 2 rings (SSSR count). The van der Waals surface area contributed by atoms with Gasteiger partial charge in [-0.2, -0.15) is 5.26 Å². The van der Waals surface area contributed by atoms with Crippen LogP contribution in [0.5, 0.6) is 5.75 Å². The average molecular weight is 361 g/mol. The molecular formula is C20H32N4O2+2. The number of carbonyl (C=O) groups is 1. The fourth-order valence-electron chi connectivity index (χ4n) is 3.08. The van der Waals surface area contributed by atoms with Gasteiger partial charge in [0, 0.05) is 0 Å². The fourth-order valence-corrected chi connectivity index (χ4v) is 3.08. The number of hydrogen-bond acceptors (Lipinski definition) is 3. The van der Waals surface area contributed by atoms with Crippen LogP contribution in [0.3, 0.4) is 0 Å². The summed E-state index contributed by atoms with van der Waals surface area (Å²) in [6, 6.07) is 12.1. The molecule has 0 spiro atoms. The highest BCUT2D eigenvalue weighted by molar-refractivity contribution is 5.78. The second-order valence-electron chi connectivity index (χ2n) is 7.61. The minimum Gasteiger partial charge on any atom is -0.488 e. The van der Waals surface area contributed by atoms with Gasteiger partial charge in [-0.05, 0) is 25.0 Å². The van der Waals surface area contributed by atoms with Crippen LogP contribution in [0.2, 0.25) is 0 Å². The van der Waals surface area contributed by atoms with Crippen LogP contribution in [0.25, 0.3) is 0 Å². The molecule has 0 aliphatic carbocycles. The third-order valence-electron chi connectivity index (χ3n) is 5.33. The molecule has 1 aliphatic heterocycles. The van der Waals surface area contributed by atoms with Crippen molar-refractivity contribution in [2.24, 2.45) is 5.92 Å². The van der Waals surface area contributed by atoms with Crippen LogP contribution in [0.1, 0.15) is 20.8 Å². The van der Waals surface area contributed by atoms with Crippen LogP contribution in [-0.4, -0.2) is 57.3 Å². The lowest BCUT2D eigenvalue weighted by molar-refractivity contribution is -1.01. The standard InChI is InChI=1S/C20H30N4O2/c1-17(2)20(3,16-21)22-19(25)15-24-11-9-23(10-12-24)13-14-26-18-7-5-4-6-8-18/h4-8,17H,9-15H2,1-3H3,(H,22,25)/p+2/t20-/m1/s1. The zero-order chi connectivity index (χ0) is 19.0. The number of quaternary nitrogens is 2. The second kappa shape index (κ2) is 9.56. The van der Waals surface area contributed by atoms with Gasteiger partial charge >= 0.3 is 0 Å². The molecule has 1 heterocycles. The van der Waals surface area contributed by atoms with E-state index < -0.39 is 5.54 Å². The molecule has 0 unspecified atom stereocenters. The highest BCUT2D eigenvalue weighted by Gasteiger charge is 2.32. The lowest BCUT2D eigenvalue weighted by Crippen LogP contribution is -3.28. The van der Waals surface area contributed by atoms with Gasteiger partial charge in [0.25, 0.3) is 5.91 Å². The van der Waals surface area contributed by atoms with E-state index in [9.17, 15) is 10.1 Å². The van der Waals surface area contributed by atoms with Gasteiger partial charge in [-0.3, -0.25) is 4.79 Å². The number of amides is 1. The highest BCUT2D eigenvalue weighted by Crippen LogP contribution is 2.14. The lowest BCUT2D eigenvalue weighted by Gasteiger charge is -2.31. The number of carbonyl (C=O) groups excluding carboxylic acids is 1. The maximum absolute atomic E-state index is 12.3. The van der Waals surface area contributed by atoms with Crippen LogP contribution in [0, 0.1) is 17.2 Å². The van der Waals surface area contributed by atoms with Gasteiger partial charge < -0.3 is 19.9 Å². The minimum atomic E-state index is -0.793. The zero-order valence-electron chi connectivity index (χ0n) is 16.2. The van der Waals surface area contributed by atoms with Gasteiger partial charge in [-0.15, -0.1) is 0 Å². The Bertz CT molecular complexity index is 606. The molecule has 1 amide bonds. The maximum atomic E-state index is 12.3. The van der Waals surface area contributed by atoms with Crippen LogP contribution < -0.4 is 19.9 Å². The van der Waals surface area contributed by atoms with Crippen molar-refractivity contribution in [2.45, 2.75) is 26.3 Å². The van der Waals surface area contributed by atoms with Gasteiger partial charge in [0.1, 0.15) is 50.6 Å². The van der Waals surface area contributed by atoms with Crippen molar-refractivity contribution in [3.8, 4) is 11.8 Å². The van der Waals surface area contributed by atoms with Crippen molar-refractivity contribution in [2.75, 3.05) is 45.9 Å².